The Balaban J connectivity index is 2.85. The van der Waals surface area contributed by atoms with Crippen molar-refractivity contribution in [1.29, 1.82) is 0 Å². The van der Waals surface area contributed by atoms with Crippen molar-refractivity contribution in [3.05, 3.63) is 48.0 Å². The van der Waals surface area contributed by atoms with Crippen LogP contribution in [-0.4, -0.2) is 12.4 Å². The number of halogens is 1. The third-order valence-corrected chi connectivity index (χ3v) is 2.60. The minimum absolute atomic E-state index is 0.000532. The zero-order valence-corrected chi connectivity index (χ0v) is 9.25. The van der Waals surface area contributed by atoms with E-state index in [-0.39, 0.29) is 6.10 Å². The van der Waals surface area contributed by atoms with Crippen LogP contribution in [0.5, 0.6) is 0 Å². The molecule has 0 heterocycles. The van der Waals surface area contributed by atoms with Gasteiger partial charge in [0.1, 0.15) is 6.10 Å². The van der Waals surface area contributed by atoms with Gasteiger partial charge in [-0.15, -0.1) is 0 Å². The van der Waals surface area contributed by atoms with E-state index in [2.05, 4.69) is 22.5 Å². The fourth-order valence-corrected chi connectivity index (χ4v) is 1.53. The summed E-state index contributed by atoms with van der Waals surface area (Å²) in [4.78, 5) is 0. The average Bonchev–Trinajstić information content (AvgIpc) is 2.20. The van der Waals surface area contributed by atoms with Crippen molar-refractivity contribution in [1.82, 2.24) is 0 Å². The van der Waals surface area contributed by atoms with E-state index in [9.17, 15) is 0 Å². The summed E-state index contributed by atoms with van der Waals surface area (Å²) in [5.41, 5.74) is 2.18. The van der Waals surface area contributed by atoms with Crippen LogP contribution >= 0.6 is 15.9 Å². The van der Waals surface area contributed by atoms with Crippen molar-refractivity contribution in [2.75, 3.05) is 12.4 Å². The lowest BCUT2D eigenvalue weighted by Gasteiger charge is -2.16. The molecule has 0 amide bonds. The summed E-state index contributed by atoms with van der Waals surface area (Å²) in [5, 5.41) is 0.764. The first kappa shape index (κ1) is 10.5. The fraction of sp³-hybridized carbons (Fsp3) is 0.273. The number of ether oxygens (including phenoxy) is 1. The summed E-state index contributed by atoms with van der Waals surface area (Å²) < 4.78 is 5.36. The van der Waals surface area contributed by atoms with Gasteiger partial charge in [-0.3, -0.25) is 0 Å². The van der Waals surface area contributed by atoms with Gasteiger partial charge in [0.25, 0.3) is 0 Å². The van der Waals surface area contributed by atoms with Gasteiger partial charge in [-0.25, -0.2) is 0 Å². The average molecular weight is 241 g/mol. The topological polar surface area (TPSA) is 9.23 Å². The summed E-state index contributed by atoms with van der Waals surface area (Å²) in [6.07, 6.45) is 0.000532. The molecule has 0 aliphatic heterocycles. The first-order valence-corrected chi connectivity index (χ1v) is 5.23. The molecule has 13 heavy (non-hydrogen) atoms. The molecular weight excluding hydrogens is 228 g/mol. The Morgan fingerprint density at radius 1 is 1.46 bits per heavy atom. The molecule has 2 heteroatoms. The first-order valence-electron chi connectivity index (χ1n) is 4.11. The van der Waals surface area contributed by atoms with Gasteiger partial charge in [-0.05, 0) is 11.1 Å². The molecular formula is C11H13BrO. The molecule has 0 saturated heterocycles. The highest BCUT2D eigenvalue weighted by atomic mass is 79.9. The van der Waals surface area contributed by atoms with Crippen molar-refractivity contribution < 1.29 is 4.74 Å². The van der Waals surface area contributed by atoms with E-state index in [0.717, 1.165) is 16.5 Å². The number of alkyl halides is 1. The highest BCUT2D eigenvalue weighted by Gasteiger charge is 2.12. The second-order valence-electron chi connectivity index (χ2n) is 2.82. The largest absolute Gasteiger partial charge is 0.372 e. The second kappa shape index (κ2) is 5.20. The van der Waals surface area contributed by atoms with Crippen LogP contribution in [-0.2, 0) is 4.74 Å². The molecule has 70 valence electrons. The van der Waals surface area contributed by atoms with Crippen LogP contribution in [0.4, 0.5) is 0 Å². The highest BCUT2D eigenvalue weighted by molar-refractivity contribution is 9.09. The van der Waals surface area contributed by atoms with E-state index in [4.69, 9.17) is 4.74 Å². The monoisotopic (exact) mass is 240 g/mol. The maximum atomic E-state index is 5.36. The van der Waals surface area contributed by atoms with Crippen molar-refractivity contribution in [2.45, 2.75) is 6.10 Å². The number of benzene rings is 1. The number of hydrogen-bond donors (Lipinski definition) is 0. The third-order valence-electron chi connectivity index (χ3n) is 1.88. The lowest BCUT2D eigenvalue weighted by molar-refractivity contribution is 0.134. The van der Waals surface area contributed by atoms with Crippen molar-refractivity contribution in [2.24, 2.45) is 0 Å². The maximum Gasteiger partial charge on any atom is 0.104 e. The maximum absolute atomic E-state index is 5.36. The molecule has 0 fully saturated rings. The molecule has 0 aliphatic carbocycles. The summed E-state index contributed by atoms with van der Waals surface area (Å²) >= 11 is 3.37. The summed E-state index contributed by atoms with van der Waals surface area (Å²) in [5.74, 6) is 0. The van der Waals surface area contributed by atoms with Gasteiger partial charge in [0.2, 0.25) is 0 Å². The van der Waals surface area contributed by atoms with Gasteiger partial charge >= 0.3 is 0 Å². The number of hydrogen-bond acceptors (Lipinski definition) is 1. The van der Waals surface area contributed by atoms with Crippen LogP contribution in [0.15, 0.2) is 42.5 Å². The molecule has 0 N–H and O–H groups in total. The molecule has 1 rings (SSSR count). The van der Waals surface area contributed by atoms with Gasteiger partial charge in [0.05, 0.1) is 0 Å². The summed E-state index contributed by atoms with van der Waals surface area (Å²) in [6.45, 7) is 3.95. The Kier molecular flexibility index (Phi) is 4.19. The van der Waals surface area contributed by atoms with Crippen LogP contribution in [0.3, 0.4) is 0 Å². The van der Waals surface area contributed by atoms with Gasteiger partial charge < -0.3 is 4.74 Å². The van der Waals surface area contributed by atoms with Crippen LogP contribution in [0.2, 0.25) is 0 Å². The zero-order chi connectivity index (χ0) is 9.68. The van der Waals surface area contributed by atoms with Crippen LogP contribution < -0.4 is 0 Å². The minimum atomic E-state index is 0.000532. The van der Waals surface area contributed by atoms with Gasteiger partial charge in [-0.2, -0.15) is 0 Å². The van der Waals surface area contributed by atoms with Crippen molar-refractivity contribution in [3.63, 3.8) is 0 Å². The molecule has 0 bridgehead atoms. The molecule has 1 aromatic carbocycles. The third kappa shape index (κ3) is 2.68. The van der Waals surface area contributed by atoms with Gasteiger partial charge in [0, 0.05) is 12.4 Å². The molecule has 0 aliphatic rings. The number of rotatable bonds is 4. The Morgan fingerprint density at radius 3 is 2.54 bits per heavy atom. The van der Waals surface area contributed by atoms with E-state index in [1.54, 1.807) is 7.11 Å². The zero-order valence-electron chi connectivity index (χ0n) is 7.66. The predicted octanol–water partition coefficient (Wildman–Crippen LogP) is 3.33. The van der Waals surface area contributed by atoms with E-state index < -0.39 is 0 Å². The van der Waals surface area contributed by atoms with Crippen molar-refractivity contribution >= 4 is 15.9 Å². The van der Waals surface area contributed by atoms with Crippen LogP contribution in [0.1, 0.15) is 11.7 Å². The van der Waals surface area contributed by atoms with Crippen LogP contribution in [0.25, 0.3) is 0 Å². The minimum Gasteiger partial charge on any atom is -0.372 e. The summed E-state index contributed by atoms with van der Waals surface area (Å²) in [6, 6.07) is 10.1. The molecule has 0 spiro atoms. The second-order valence-corrected chi connectivity index (χ2v) is 3.38. The van der Waals surface area contributed by atoms with Crippen LogP contribution in [0, 0.1) is 0 Å². The molecule has 0 aromatic heterocycles. The van der Waals surface area contributed by atoms with Gasteiger partial charge in [-0.1, -0.05) is 52.8 Å². The van der Waals surface area contributed by atoms with Gasteiger partial charge in [0.15, 0.2) is 0 Å². The summed E-state index contributed by atoms with van der Waals surface area (Å²) in [7, 11) is 1.70. The molecule has 0 radical (unpaired) electrons. The standard InChI is InChI=1S/C11H13BrO/c1-9(8-12)11(13-2)10-6-4-3-5-7-10/h3-7,11H,1,8H2,2H3. The van der Waals surface area contributed by atoms with Crippen molar-refractivity contribution in [3.8, 4) is 0 Å². The smallest absolute Gasteiger partial charge is 0.104 e. The Morgan fingerprint density at radius 2 is 2.08 bits per heavy atom. The molecule has 1 aromatic rings. The van der Waals surface area contributed by atoms with E-state index in [0.29, 0.717) is 0 Å². The Labute approximate surface area is 87.5 Å². The molecule has 0 saturated carbocycles. The Hall–Kier alpha value is -0.600. The van der Waals surface area contributed by atoms with E-state index in [1.807, 2.05) is 30.3 Å². The number of methoxy groups -OCH3 is 1. The van der Waals surface area contributed by atoms with E-state index in [1.165, 1.54) is 0 Å². The highest BCUT2D eigenvalue weighted by Crippen LogP contribution is 2.24. The normalized spacial score (nSPS) is 12.5. The SMILES string of the molecule is C=C(CBr)C(OC)c1ccccc1. The molecule has 1 unspecified atom stereocenters. The van der Waals surface area contributed by atoms with E-state index >= 15 is 0 Å². The lowest BCUT2D eigenvalue weighted by Crippen LogP contribution is -2.04. The quantitative estimate of drug-likeness (QED) is 0.580. The molecule has 1 atom stereocenters. The Bertz CT molecular complexity index is 269. The lowest BCUT2D eigenvalue weighted by atomic mass is 10.0. The predicted molar refractivity (Wildman–Crippen MR) is 59.1 cm³/mol. The first-order chi connectivity index (χ1) is 6.29. The molecule has 1 nitrogen and oxygen atoms in total. The fourth-order valence-electron chi connectivity index (χ4n) is 1.24.